The summed E-state index contributed by atoms with van der Waals surface area (Å²) >= 11 is 0. The molecule has 2 aromatic heterocycles. The molecule has 136 valence electrons. The first-order chi connectivity index (χ1) is 13.0. The molecule has 0 radical (unpaired) electrons. The first-order valence-electron chi connectivity index (χ1n) is 8.30. The van der Waals surface area contributed by atoms with E-state index in [2.05, 4.69) is 0 Å². The number of carbonyl (C=O) groups is 1. The molecule has 0 spiro atoms. The van der Waals surface area contributed by atoms with E-state index in [0.29, 0.717) is 12.3 Å². The number of rotatable bonds is 5. The van der Waals surface area contributed by atoms with Gasteiger partial charge in [0, 0.05) is 16.6 Å². The quantitative estimate of drug-likeness (QED) is 0.552. The predicted molar refractivity (Wildman–Crippen MR) is 98.7 cm³/mol. The Morgan fingerprint density at radius 2 is 1.89 bits per heavy atom. The number of furan rings is 1. The summed E-state index contributed by atoms with van der Waals surface area (Å²) in [5.74, 6) is -0.269. The molecule has 4 aromatic rings. The predicted octanol–water partition coefficient (Wildman–Crippen LogP) is 4.80. The lowest BCUT2D eigenvalue weighted by Crippen LogP contribution is -2.01. The number of carboxylic acid groups (broad SMARTS) is 1. The van der Waals surface area contributed by atoms with Crippen molar-refractivity contribution in [3.63, 3.8) is 0 Å². The summed E-state index contributed by atoms with van der Waals surface area (Å²) in [6, 6.07) is 17.0. The van der Waals surface area contributed by atoms with E-state index in [1.165, 1.54) is 18.2 Å². The first-order valence-corrected chi connectivity index (χ1v) is 8.30. The Bertz CT molecular complexity index is 1130. The molecule has 0 aliphatic heterocycles. The zero-order valence-corrected chi connectivity index (χ0v) is 14.5. The second-order valence-electron chi connectivity index (χ2n) is 6.12. The van der Waals surface area contributed by atoms with Gasteiger partial charge in [-0.25, -0.2) is 9.18 Å². The van der Waals surface area contributed by atoms with E-state index in [9.17, 15) is 9.18 Å². The van der Waals surface area contributed by atoms with E-state index in [4.69, 9.17) is 14.3 Å². The van der Waals surface area contributed by atoms with Crippen LogP contribution in [-0.2, 0) is 6.54 Å². The Morgan fingerprint density at radius 3 is 2.56 bits per heavy atom. The van der Waals surface area contributed by atoms with Crippen molar-refractivity contribution in [1.82, 2.24) is 4.57 Å². The number of aromatic nitrogens is 1. The smallest absolute Gasteiger partial charge is 0.371 e. The van der Waals surface area contributed by atoms with E-state index in [-0.39, 0.29) is 11.6 Å². The van der Waals surface area contributed by atoms with Gasteiger partial charge in [-0.05, 0) is 66.2 Å². The molecule has 6 heteroatoms. The fourth-order valence-corrected chi connectivity index (χ4v) is 3.14. The first kappa shape index (κ1) is 16.9. The number of nitrogens with zero attached hydrogens (tertiary/aromatic N) is 1. The van der Waals surface area contributed by atoms with Gasteiger partial charge in [0.15, 0.2) is 0 Å². The minimum Gasteiger partial charge on any atom is -0.497 e. The summed E-state index contributed by atoms with van der Waals surface area (Å²) in [4.78, 5) is 11.1. The lowest BCUT2D eigenvalue weighted by atomic mass is 10.1. The van der Waals surface area contributed by atoms with Gasteiger partial charge in [0.2, 0.25) is 5.76 Å². The van der Waals surface area contributed by atoms with E-state index in [1.807, 2.05) is 28.8 Å². The third-order valence-corrected chi connectivity index (χ3v) is 4.43. The maximum Gasteiger partial charge on any atom is 0.371 e. The van der Waals surface area contributed by atoms with Gasteiger partial charge >= 0.3 is 5.97 Å². The van der Waals surface area contributed by atoms with Crippen molar-refractivity contribution in [1.29, 1.82) is 0 Å². The summed E-state index contributed by atoms with van der Waals surface area (Å²) < 4.78 is 26.1. The Balaban J connectivity index is 1.85. The van der Waals surface area contributed by atoms with Gasteiger partial charge in [-0.2, -0.15) is 0 Å². The van der Waals surface area contributed by atoms with Gasteiger partial charge in [-0.3, -0.25) is 0 Å². The van der Waals surface area contributed by atoms with E-state index < -0.39 is 5.97 Å². The number of hydrogen-bond donors (Lipinski definition) is 1. The number of hydrogen-bond acceptors (Lipinski definition) is 3. The van der Waals surface area contributed by atoms with Crippen LogP contribution in [0.25, 0.3) is 22.2 Å². The maximum absolute atomic E-state index is 13.3. The number of methoxy groups -OCH3 is 1. The van der Waals surface area contributed by atoms with Crippen LogP contribution in [0, 0.1) is 5.82 Å². The van der Waals surface area contributed by atoms with Crippen molar-refractivity contribution < 1.29 is 23.4 Å². The van der Waals surface area contributed by atoms with Crippen LogP contribution in [0.2, 0.25) is 0 Å². The average Bonchev–Trinajstić information content (AvgIpc) is 3.27. The second-order valence-corrected chi connectivity index (χ2v) is 6.12. The van der Waals surface area contributed by atoms with Crippen LogP contribution in [0.4, 0.5) is 4.39 Å². The number of fused-ring (bicyclic) bond motifs is 1. The highest BCUT2D eigenvalue weighted by atomic mass is 19.1. The number of aromatic carboxylic acids is 1. The molecule has 0 aliphatic rings. The largest absolute Gasteiger partial charge is 0.497 e. The van der Waals surface area contributed by atoms with Crippen molar-refractivity contribution in [3.8, 4) is 17.0 Å². The van der Waals surface area contributed by atoms with Crippen molar-refractivity contribution in [2.45, 2.75) is 6.54 Å². The molecule has 27 heavy (non-hydrogen) atoms. The molecule has 0 bridgehead atoms. The number of halogens is 1. The topological polar surface area (TPSA) is 64.6 Å². The summed E-state index contributed by atoms with van der Waals surface area (Å²) in [5.41, 5.74) is 2.64. The molecule has 0 aliphatic carbocycles. The number of ether oxygens (including phenoxy) is 1. The van der Waals surface area contributed by atoms with Gasteiger partial charge in [-0.15, -0.1) is 0 Å². The molecule has 4 rings (SSSR count). The van der Waals surface area contributed by atoms with Crippen LogP contribution in [0.1, 0.15) is 16.3 Å². The SMILES string of the molecule is COc1ccc2c(c1)cc(-c1ccc(F)cc1)n2Cc1ccc(C(=O)O)o1. The fraction of sp³-hybridized carbons (Fsp3) is 0.0952. The monoisotopic (exact) mass is 365 g/mol. The zero-order chi connectivity index (χ0) is 19.0. The number of carboxylic acids is 1. The van der Waals surface area contributed by atoms with Crippen molar-refractivity contribution in [3.05, 3.63) is 78.0 Å². The van der Waals surface area contributed by atoms with Gasteiger partial charge in [0.1, 0.15) is 17.3 Å². The molecule has 0 amide bonds. The molecular weight excluding hydrogens is 349 g/mol. The molecule has 0 fully saturated rings. The standard InChI is InChI=1S/C21H16FNO4/c1-26-16-6-8-18-14(10-16)11-19(13-2-4-15(22)5-3-13)23(18)12-17-7-9-20(27-17)21(24)25/h2-11H,12H2,1H3,(H,24,25). The lowest BCUT2D eigenvalue weighted by molar-refractivity contribution is 0.0660. The highest BCUT2D eigenvalue weighted by molar-refractivity contribution is 5.88. The molecule has 0 unspecified atom stereocenters. The van der Waals surface area contributed by atoms with Gasteiger partial charge in [0.05, 0.1) is 13.7 Å². The summed E-state index contributed by atoms with van der Waals surface area (Å²) in [6.45, 7) is 0.343. The van der Waals surface area contributed by atoms with Crippen LogP contribution in [-0.4, -0.2) is 22.8 Å². The summed E-state index contributed by atoms with van der Waals surface area (Å²) in [7, 11) is 1.61. The highest BCUT2D eigenvalue weighted by Gasteiger charge is 2.15. The molecular formula is C21H16FNO4. The highest BCUT2D eigenvalue weighted by Crippen LogP contribution is 2.31. The van der Waals surface area contributed by atoms with Crippen molar-refractivity contribution in [2.75, 3.05) is 7.11 Å². The van der Waals surface area contributed by atoms with Crippen LogP contribution in [0.5, 0.6) is 5.75 Å². The normalized spacial score (nSPS) is 11.0. The Kier molecular flexibility index (Phi) is 4.16. The molecule has 5 nitrogen and oxygen atoms in total. The van der Waals surface area contributed by atoms with Gasteiger partial charge < -0.3 is 18.8 Å². The summed E-state index contributed by atoms with van der Waals surface area (Å²) in [5, 5.41) is 10.0. The van der Waals surface area contributed by atoms with Gasteiger partial charge in [0.25, 0.3) is 0 Å². The van der Waals surface area contributed by atoms with E-state index in [1.54, 1.807) is 25.3 Å². The minimum atomic E-state index is -1.11. The average molecular weight is 365 g/mol. The molecule has 0 saturated heterocycles. The summed E-state index contributed by atoms with van der Waals surface area (Å²) in [6.07, 6.45) is 0. The molecule has 1 N–H and O–H groups in total. The van der Waals surface area contributed by atoms with E-state index >= 15 is 0 Å². The van der Waals surface area contributed by atoms with E-state index in [0.717, 1.165) is 27.9 Å². The number of benzene rings is 2. The zero-order valence-electron chi connectivity index (χ0n) is 14.5. The molecule has 2 aromatic carbocycles. The van der Waals surface area contributed by atoms with Crippen LogP contribution >= 0.6 is 0 Å². The molecule has 2 heterocycles. The van der Waals surface area contributed by atoms with Crippen molar-refractivity contribution >= 4 is 16.9 Å². The third-order valence-electron chi connectivity index (χ3n) is 4.43. The van der Waals surface area contributed by atoms with Crippen LogP contribution < -0.4 is 4.74 Å². The minimum absolute atomic E-state index is 0.105. The maximum atomic E-state index is 13.3. The van der Waals surface area contributed by atoms with Crippen LogP contribution in [0.15, 0.2) is 65.1 Å². The van der Waals surface area contributed by atoms with Gasteiger partial charge in [-0.1, -0.05) is 0 Å². The fourth-order valence-electron chi connectivity index (χ4n) is 3.14. The lowest BCUT2D eigenvalue weighted by Gasteiger charge is -2.10. The Morgan fingerprint density at radius 1 is 1.11 bits per heavy atom. The van der Waals surface area contributed by atoms with Crippen molar-refractivity contribution in [2.24, 2.45) is 0 Å². The third kappa shape index (κ3) is 3.17. The second kappa shape index (κ2) is 6.64. The Labute approximate surface area is 154 Å². The Hall–Kier alpha value is -3.54. The molecule has 0 saturated carbocycles. The molecule has 0 atom stereocenters. The van der Waals surface area contributed by atoms with Crippen LogP contribution in [0.3, 0.4) is 0 Å².